The van der Waals surface area contributed by atoms with Crippen LogP contribution < -0.4 is 14.8 Å². The van der Waals surface area contributed by atoms with E-state index >= 15 is 0 Å². The number of fused-ring (bicyclic) bond motifs is 1. The molecule has 0 saturated heterocycles. The standard InChI is InChI=1S/C21H20N4O3S/c1-27-15-6-8-16(9-7-15)28-11-10-22-20(26)12-25-19-5-3-2-4-17(19)24-21(25)18-13-29-14-23-18/h2-9,13-14H,10-12H2,1H3,(H,22,26). The van der Waals surface area contributed by atoms with Crippen LogP contribution in [-0.4, -0.2) is 40.7 Å². The van der Waals surface area contributed by atoms with Gasteiger partial charge in [-0.3, -0.25) is 4.79 Å². The number of ether oxygens (including phenoxy) is 2. The van der Waals surface area contributed by atoms with E-state index in [1.54, 1.807) is 12.6 Å². The molecule has 0 radical (unpaired) electrons. The van der Waals surface area contributed by atoms with Gasteiger partial charge in [0.2, 0.25) is 5.91 Å². The van der Waals surface area contributed by atoms with Gasteiger partial charge in [0.05, 0.1) is 30.2 Å². The molecule has 0 aliphatic rings. The minimum atomic E-state index is -0.108. The molecule has 2 heterocycles. The van der Waals surface area contributed by atoms with Gasteiger partial charge in [0.1, 0.15) is 30.3 Å². The lowest BCUT2D eigenvalue weighted by atomic mass is 10.3. The summed E-state index contributed by atoms with van der Waals surface area (Å²) in [5.41, 5.74) is 4.27. The van der Waals surface area contributed by atoms with Gasteiger partial charge in [0.15, 0.2) is 5.82 Å². The fraction of sp³-hybridized carbons (Fsp3) is 0.190. The van der Waals surface area contributed by atoms with Crippen molar-refractivity contribution in [2.24, 2.45) is 0 Å². The maximum atomic E-state index is 12.5. The Labute approximate surface area is 171 Å². The highest BCUT2D eigenvalue weighted by Gasteiger charge is 2.16. The van der Waals surface area contributed by atoms with Crippen LogP contribution in [0.25, 0.3) is 22.6 Å². The molecule has 0 aliphatic heterocycles. The predicted molar refractivity (Wildman–Crippen MR) is 112 cm³/mol. The zero-order chi connectivity index (χ0) is 20.1. The number of rotatable bonds is 8. The molecule has 4 rings (SSSR count). The molecular formula is C21H20N4O3S. The van der Waals surface area contributed by atoms with Crippen molar-refractivity contribution in [1.29, 1.82) is 0 Å². The number of carbonyl (C=O) groups is 1. The van der Waals surface area contributed by atoms with E-state index < -0.39 is 0 Å². The summed E-state index contributed by atoms with van der Waals surface area (Å²) in [5.74, 6) is 2.08. The first-order valence-corrected chi connectivity index (χ1v) is 10.1. The number of benzene rings is 2. The molecule has 2 aromatic carbocycles. The number of methoxy groups -OCH3 is 1. The Kier molecular flexibility index (Phi) is 5.71. The SMILES string of the molecule is COc1ccc(OCCNC(=O)Cn2c(-c3cscn3)nc3ccccc32)cc1. The Morgan fingerprint density at radius 3 is 2.69 bits per heavy atom. The van der Waals surface area contributed by atoms with Gasteiger partial charge >= 0.3 is 0 Å². The number of hydrogen-bond acceptors (Lipinski definition) is 6. The van der Waals surface area contributed by atoms with E-state index in [-0.39, 0.29) is 12.5 Å². The van der Waals surface area contributed by atoms with E-state index in [0.29, 0.717) is 19.0 Å². The number of aromatic nitrogens is 3. The van der Waals surface area contributed by atoms with Crippen LogP contribution in [0.5, 0.6) is 11.5 Å². The third kappa shape index (κ3) is 4.38. The van der Waals surface area contributed by atoms with Crippen molar-refractivity contribution in [3.05, 3.63) is 59.4 Å². The molecule has 0 unspecified atom stereocenters. The number of imidazole rings is 1. The zero-order valence-electron chi connectivity index (χ0n) is 15.9. The van der Waals surface area contributed by atoms with E-state index in [2.05, 4.69) is 15.3 Å². The highest BCUT2D eigenvalue weighted by molar-refractivity contribution is 7.07. The minimum absolute atomic E-state index is 0.108. The van der Waals surface area contributed by atoms with Gasteiger partial charge < -0.3 is 19.4 Å². The van der Waals surface area contributed by atoms with Crippen molar-refractivity contribution in [2.45, 2.75) is 6.54 Å². The Morgan fingerprint density at radius 1 is 1.14 bits per heavy atom. The lowest BCUT2D eigenvalue weighted by molar-refractivity contribution is -0.121. The van der Waals surface area contributed by atoms with E-state index in [0.717, 1.165) is 28.2 Å². The van der Waals surface area contributed by atoms with Gasteiger partial charge in [0.25, 0.3) is 0 Å². The number of nitrogens with zero attached hydrogens (tertiary/aromatic N) is 3. The molecule has 0 fully saturated rings. The topological polar surface area (TPSA) is 78.3 Å². The molecular weight excluding hydrogens is 388 g/mol. The van der Waals surface area contributed by atoms with E-state index in [1.807, 2.05) is 58.5 Å². The van der Waals surface area contributed by atoms with E-state index in [1.165, 1.54) is 11.3 Å². The van der Waals surface area contributed by atoms with Crippen LogP contribution in [0.4, 0.5) is 0 Å². The van der Waals surface area contributed by atoms with Gasteiger partial charge in [-0.05, 0) is 36.4 Å². The Morgan fingerprint density at radius 2 is 1.93 bits per heavy atom. The second-order valence-electron chi connectivity index (χ2n) is 6.26. The van der Waals surface area contributed by atoms with Gasteiger partial charge in [-0.15, -0.1) is 11.3 Å². The Balaban J connectivity index is 1.38. The molecule has 148 valence electrons. The van der Waals surface area contributed by atoms with Gasteiger partial charge in [-0.1, -0.05) is 12.1 Å². The molecule has 0 spiro atoms. The average molecular weight is 408 g/mol. The highest BCUT2D eigenvalue weighted by Crippen LogP contribution is 2.24. The van der Waals surface area contributed by atoms with Gasteiger partial charge in [0, 0.05) is 5.38 Å². The Bertz CT molecular complexity index is 1090. The largest absolute Gasteiger partial charge is 0.497 e. The van der Waals surface area contributed by atoms with Crippen molar-refractivity contribution < 1.29 is 14.3 Å². The normalized spacial score (nSPS) is 10.8. The summed E-state index contributed by atoms with van der Waals surface area (Å²) in [6, 6.07) is 15.1. The van der Waals surface area contributed by atoms with Crippen LogP contribution in [0, 0.1) is 0 Å². The third-order valence-corrected chi connectivity index (χ3v) is 4.96. The van der Waals surface area contributed by atoms with Crippen LogP contribution in [-0.2, 0) is 11.3 Å². The average Bonchev–Trinajstić information content (AvgIpc) is 3.40. The second kappa shape index (κ2) is 8.74. The summed E-state index contributed by atoms with van der Waals surface area (Å²) in [6.45, 7) is 0.946. The van der Waals surface area contributed by atoms with Crippen LogP contribution in [0.1, 0.15) is 0 Å². The molecule has 2 aromatic heterocycles. The van der Waals surface area contributed by atoms with Crippen LogP contribution in [0.15, 0.2) is 59.4 Å². The molecule has 0 aliphatic carbocycles. The first-order chi connectivity index (χ1) is 14.2. The summed E-state index contributed by atoms with van der Waals surface area (Å²) in [4.78, 5) is 21.5. The molecule has 0 atom stereocenters. The van der Waals surface area contributed by atoms with E-state index in [9.17, 15) is 4.79 Å². The second-order valence-corrected chi connectivity index (χ2v) is 6.98. The van der Waals surface area contributed by atoms with Crippen molar-refractivity contribution in [2.75, 3.05) is 20.3 Å². The van der Waals surface area contributed by atoms with Crippen molar-refractivity contribution in [3.63, 3.8) is 0 Å². The fourth-order valence-corrected chi connectivity index (χ4v) is 3.52. The quantitative estimate of drug-likeness (QED) is 0.452. The van der Waals surface area contributed by atoms with Gasteiger partial charge in [-0.2, -0.15) is 0 Å². The van der Waals surface area contributed by atoms with Crippen LogP contribution in [0.2, 0.25) is 0 Å². The van der Waals surface area contributed by atoms with Gasteiger partial charge in [-0.25, -0.2) is 9.97 Å². The van der Waals surface area contributed by atoms with E-state index in [4.69, 9.17) is 9.47 Å². The summed E-state index contributed by atoms with van der Waals surface area (Å²) in [7, 11) is 1.62. The third-order valence-electron chi connectivity index (χ3n) is 4.37. The monoisotopic (exact) mass is 408 g/mol. The van der Waals surface area contributed by atoms with Crippen molar-refractivity contribution in [1.82, 2.24) is 19.9 Å². The number of nitrogens with one attached hydrogen (secondary N) is 1. The lowest BCUT2D eigenvalue weighted by Crippen LogP contribution is -2.31. The first-order valence-electron chi connectivity index (χ1n) is 9.12. The molecule has 4 aromatic rings. The maximum absolute atomic E-state index is 12.5. The fourth-order valence-electron chi connectivity index (χ4n) is 2.98. The number of thiazole rings is 1. The predicted octanol–water partition coefficient (Wildman–Crippen LogP) is 3.36. The number of amides is 1. The van der Waals surface area contributed by atoms with Crippen LogP contribution >= 0.6 is 11.3 Å². The molecule has 1 amide bonds. The molecule has 0 saturated carbocycles. The smallest absolute Gasteiger partial charge is 0.240 e. The first kappa shape index (κ1) is 18.9. The molecule has 7 nitrogen and oxygen atoms in total. The van der Waals surface area contributed by atoms with Crippen molar-refractivity contribution in [3.8, 4) is 23.0 Å². The lowest BCUT2D eigenvalue weighted by Gasteiger charge is -2.10. The summed E-state index contributed by atoms with van der Waals surface area (Å²) in [5, 5.41) is 4.82. The molecule has 1 N–H and O–H groups in total. The summed E-state index contributed by atoms with van der Waals surface area (Å²) in [6.07, 6.45) is 0. The molecule has 0 bridgehead atoms. The summed E-state index contributed by atoms with van der Waals surface area (Å²) >= 11 is 1.50. The Hall–Kier alpha value is -3.39. The highest BCUT2D eigenvalue weighted by atomic mass is 32.1. The number of hydrogen-bond donors (Lipinski definition) is 1. The van der Waals surface area contributed by atoms with Crippen molar-refractivity contribution >= 4 is 28.3 Å². The van der Waals surface area contributed by atoms with Crippen LogP contribution in [0.3, 0.4) is 0 Å². The number of para-hydroxylation sites is 2. The minimum Gasteiger partial charge on any atom is -0.497 e. The molecule has 29 heavy (non-hydrogen) atoms. The maximum Gasteiger partial charge on any atom is 0.240 e. The zero-order valence-corrected chi connectivity index (χ0v) is 16.7. The summed E-state index contributed by atoms with van der Waals surface area (Å²) < 4.78 is 12.7. The number of carbonyl (C=O) groups excluding carboxylic acids is 1. The molecule has 8 heteroatoms.